The summed E-state index contributed by atoms with van der Waals surface area (Å²) in [5, 5.41) is 0. The average molecular weight is 164 g/mol. The van der Waals surface area contributed by atoms with Crippen LogP contribution in [-0.4, -0.2) is 17.0 Å². The monoisotopic (exact) mass is 163 g/mol. The van der Waals surface area contributed by atoms with E-state index < -0.39 is 0 Å². The first-order chi connectivity index (χ1) is 3.39. The zero-order valence-electron chi connectivity index (χ0n) is 4.36. The highest BCUT2D eigenvalue weighted by atomic mass is 79.9. The molecule has 0 aliphatic carbocycles. The number of rotatable bonds is 0. The first-order valence-corrected chi connectivity index (χ1v) is 3.51. The fourth-order valence-electron chi connectivity index (χ4n) is 0.855. The van der Waals surface area contributed by atoms with Crippen LogP contribution in [0, 0.1) is 0 Å². The van der Waals surface area contributed by atoms with E-state index in [2.05, 4.69) is 20.1 Å². The van der Waals surface area contributed by atoms with Gasteiger partial charge in [-0.3, -0.25) is 0 Å². The molecular formula is C5H10BrN. The molecule has 1 aliphatic rings. The van der Waals surface area contributed by atoms with Crippen molar-refractivity contribution in [3.63, 3.8) is 0 Å². The van der Waals surface area contributed by atoms with Gasteiger partial charge in [0.1, 0.15) is 0 Å². The van der Waals surface area contributed by atoms with Crippen LogP contribution in [-0.2, 0) is 0 Å². The number of hydrogen-bond acceptors (Lipinski definition) is 1. The van der Waals surface area contributed by atoms with Gasteiger partial charge in [0.05, 0.1) is 0 Å². The summed E-state index contributed by atoms with van der Waals surface area (Å²) < 4.78 is 2.20. The summed E-state index contributed by atoms with van der Waals surface area (Å²) in [6.07, 6.45) is 4.15. The number of piperidine rings is 1. The molecule has 0 spiro atoms. The Labute approximate surface area is 53.0 Å². The van der Waals surface area contributed by atoms with Gasteiger partial charge in [0.2, 0.25) is 0 Å². The third-order valence-corrected chi connectivity index (χ3v) is 2.01. The maximum absolute atomic E-state index is 3.42. The molecule has 0 radical (unpaired) electrons. The van der Waals surface area contributed by atoms with Crippen molar-refractivity contribution in [2.45, 2.75) is 19.3 Å². The Morgan fingerprint density at radius 2 is 1.57 bits per heavy atom. The van der Waals surface area contributed by atoms with E-state index >= 15 is 0 Å². The van der Waals surface area contributed by atoms with Crippen LogP contribution in [0.4, 0.5) is 0 Å². The van der Waals surface area contributed by atoms with Crippen LogP contribution in [0.15, 0.2) is 0 Å². The Morgan fingerprint density at radius 1 is 1.00 bits per heavy atom. The first kappa shape index (κ1) is 5.57. The molecule has 0 atom stereocenters. The predicted octanol–water partition coefficient (Wildman–Crippen LogP) is 1.78. The van der Waals surface area contributed by atoms with Gasteiger partial charge < -0.3 is 0 Å². The van der Waals surface area contributed by atoms with Gasteiger partial charge in [-0.15, -0.1) is 0 Å². The van der Waals surface area contributed by atoms with Crippen LogP contribution >= 0.6 is 16.1 Å². The van der Waals surface area contributed by atoms with Crippen LogP contribution in [0.1, 0.15) is 19.3 Å². The molecule has 1 aliphatic heterocycles. The van der Waals surface area contributed by atoms with Crippen LogP contribution < -0.4 is 0 Å². The summed E-state index contributed by atoms with van der Waals surface area (Å²) in [7, 11) is 0. The third-order valence-electron chi connectivity index (χ3n) is 1.30. The van der Waals surface area contributed by atoms with Gasteiger partial charge in [-0.1, -0.05) is 6.42 Å². The summed E-state index contributed by atoms with van der Waals surface area (Å²) >= 11 is 3.42. The lowest BCUT2D eigenvalue weighted by Crippen LogP contribution is -2.18. The van der Waals surface area contributed by atoms with E-state index in [0.29, 0.717) is 0 Å². The van der Waals surface area contributed by atoms with Gasteiger partial charge in [-0.25, -0.2) is 3.93 Å². The van der Waals surface area contributed by atoms with Crippen molar-refractivity contribution in [1.29, 1.82) is 0 Å². The van der Waals surface area contributed by atoms with Crippen LogP contribution in [0.2, 0.25) is 0 Å². The second kappa shape index (κ2) is 2.68. The summed E-state index contributed by atoms with van der Waals surface area (Å²) in [6.45, 7) is 2.47. The maximum atomic E-state index is 3.42. The van der Waals surface area contributed by atoms with E-state index in [4.69, 9.17) is 0 Å². The molecule has 1 saturated heterocycles. The number of nitrogens with zero attached hydrogens (tertiary/aromatic N) is 1. The number of halogens is 1. The van der Waals surface area contributed by atoms with Gasteiger partial charge in [0.25, 0.3) is 0 Å². The van der Waals surface area contributed by atoms with E-state index in [1.165, 1.54) is 32.4 Å². The molecule has 0 N–H and O–H groups in total. The summed E-state index contributed by atoms with van der Waals surface area (Å²) in [5.41, 5.74) is 0. The highest BCUT2D eigenvalue weighted by Crippen LogP contribution is 2.10. The van der Waals surface area contributed by atoms with Crippen molar-refractivity contribution in [3.8, 4) is 0 Å². The van der Waals surface area contributed by atoms with Crippen molar-refractivity contribution in [2.24, 2.45) is 0 Å². The molecule has 0 aromatic rings. The second-order valence-corrected chi connectivity index (χ2v) is 2.97. The maximum Gasteiger partial charge on any atom is 0.0120 e. The molecule has 0 aromatic heterocycles. The van der Waals surface area contributed by atoms with Crippen molar-refractivity contribution in [1.82, 2.24) is 3.93 Å². The van der Waals surface area contributed by atoms with Gasteiger partial charge in [0.15, 0.2) is 0 Å². The Balaban J connectivity index is 2.12. The van der Waals surface area contributed by atoms with Gasteiger partial charge in [-0.2, -0.15) is 0 Å². The Morgan fingerprint density at radius 3 is 1.86 bits per heavy atom. The molecule has 7 heavy (non-hydrogen) atoms. The van der Waals surface area contributed by atoms with Crippen molar-refractivity contribution in [3.05, 3.63) is 0 Å². The SMILES string of the molecule is BrN1CCCCC1. The van der Waals surface area contributed by atoms with Gasteiger partial charge >= 0.3 is 0 Å². The van der Waals surface area contributed by atoms with Crippen molar-refractivity contribution < 1.29 is 0 Å². The number of hydrogen-bond donors (Lipinski definition) is 0. The normalized spacial score (nSPS) is 25.3. The Hall–Kier alpha value is 0.440. The van der Waals surface area contributed by atoms with E-state index in [0.717, 1.165) is 0 Å². The molecule has 0 aromatic carbocycles. The lowest BCUT2D eigenvalue weighted by atomic mass is 10.2. The van der Waals surface area contributed by atoms with Gasteiger partial charge in [0, 0.05) is 29.2 Å². The highest BCUT2D eigenvalue weighted by Gasteiger charge is 2.04. The smallest absolute Gasteiger partial charge is 0.0120 e. The molecule has 0 bridgehead atoms. The Kier molecular flexibility index (Phi) is 2.13. The molecule has 1 nitrogen and oxygen atoms in total. The highest BCUT2D eigenvalue weighted by molar-refractivity contribution is 9.07. The minimum Gasteiger partial charge on any atom is -0.242 e. The first-order valence-electron chi connectivity index (χ1n) is 2.80. The minimum atomic E-state index is 1.24. The summed E-state index contributed by atoms with van der Waals surface area (Å²) in [6, 6.07) is 0. The van der Waals surface area contributed by atoms with Crippen LogP contribution in [0.3, 0.4) is 0 Å². The van der Waals surface area contributed by atoms with Crippen molar-refractivity contribution in [2.75, 3.05) is 13.1 Å². The molecule has 2 heteroatoms. The molecule has 0 saturated carbocycles. The molecular weight excluding hydrogens is 154 g/mol. The average Bonchev–Trinajstić information content (AvgIpc) is 1.69. The Bertz CT molecular complexity index is 50.0. The summed E-state index contributed by atoms with van der Waals surface area (Å²) in [4.78, 5) is 0. The van der Waals surface area contributed by atoms with Crippen LogP contribution in [0.25, 0.3) is 0 Å². The predicted molar refractivity (Wildman–Crippen MR) is 34.4 cm³/mol. The largest absolute Gasteiger partial charge is 0.242 e. The molecule has 1 rings (SSSR count). The zero-order chi connectivity index (χ0) is 5.11. The van der Waals surface area contributed by atoms with E-state index in [9.17, 15) is 0 Å². The van der Waals surface area contributed by atoms with Gasteiger partial charge in [-0.05, 0) is 12.8 Å². The lowest BCUT2D eigenvalue weighted by molar-refractivity contribution is 0.392. The molecule has 0 amide bonds. The topological polar surface area (TPSA) is 3.24 Å². The quantitative estimate of drug-likeness (QED) is 0.493. The standard InChI is InChI=1S/C5H10BrN/c6-7-4-2-1-3-5-7/h1-5H2. The van der Waals surface area contributed by atoms with E-state index in [-0.39, 0.29) is 0 Å². The summed E-state index contributed by atoms with van der Waals surface area (Å²) in [5.74, 6) is 0. The molecule has 1 fully saturated rings. The zero-order valence-corrected chi connectivity index (χ0v) is 5.95. The van der Waals surface area contributed by atoms with Crippen molar-refractivity contribution >= 4 is 16.1 Å². The third kappa shape index (κ3) is 1.78. The lowest BCUT2D eigenvalue weighted by Gasteiger charge is -2.18. The van der Waals surface area contributed by atoms with E-state index in [1.807, 2.05) is 0 Å². The molecule has 1 heterocycles. The van der Waals surface area contributed by atoms with E-state index in [1.54, 1.807) is 0 Å². The van der Waals surface area contributed by atoms with Crippen LogP contribution in [0.5, 0.6) is 0 Å². The molecule has 42 valence electrons. The second-order valence-electron chi connectivity index (χ2n) is 1.97. The fourth-order valence-corrected chi connectivity index (χ4v) is 1.36. The molecule has 0 unspecified atom stereocenters. The minimum absolute atomic E-state index is 1.24. The fraction of sp³-hybridized carbons (Fsp3) is 1.00.